The molecule has 0 saturated heterocycles. The number of halogens is 6. The standard InChI is InChI=1S/C13H8F6O/c14-12(15,16)11(13(17,18)19)8-10(20)7-6-9-4-2-1-3-5-9/h1-8H/b7-6-. The molecule has 0 fully saturated rings. The maximum Gasteiger partial charge on any atom is 0.421 e. The predicted octanol–water partition coefficient (Wildman–Crippen LogP) is 4.32. The molecule has 0 amide bonds. The van der Waals surface area contributed by atoms with Crippen LogP contribution in [0.1, 0.15) is 5.56 Å². The molecular weight excluding hydrogens is 286 g/mol. The second kappa shape index (κ2) is 5.94. The highest BCUT2D eigenvalue weighted by Gasteiger charge is 2.51. The maximum absolute atomic E-state index is 12.2. The lowest BCUT2D eigenvalue weighted by Gasteiger charge is -2.13. The van der Waals surface area contributed by atoms with Crippen LogP contribution in [-0.2, 0) is 4.79 Å². The summed E-state index contributed by atoms with van der Waals surface area (Å²) in [5, 5.41) is 0. The summed E-state index contributed by atoms with van der Waals surface area (Å²) in [6, 6.07) is 7.97. The number of carbonyl (C=O) groups is 1. The highest BCUT2D eigenvalue weighted by atomic mass is 19.4. The van der Waals surface area contributed by atoms with Crippen molar-refractivity contribution in [3.05, 3.63) is 53.6 Å². The number of rotatable bonds is 3. The lowest BCUT2D eigenvalue weighted by atomic mass is 10.1. The van der Waals surface area contributed by atoms with Gasteiger partial charge < -0.3 is 0 Å². The van der Waals surface area contributed by atoms with Gasteiger partial charge in [0.25, 0.3) is 0 Å². The zero-order valence-corrected chi connectivity index (χ0v) is 9.79. The minimum absolute atomic E-state index is 0.459. The first-order valence-electron chi connectivity index (χ1n) is 5.24. The van der Waals surface area contributed by atoms with Gasteiger partial charge in [-0.3, -0.25) is 4.79 Å². The molecule has 0 atom stereocenters. The maximum atomic E-state index is 12.2. The number of hydrogen-bond donors (Lipinski definition) is 0. The van der Waals surface area contributed by atoms with Crippen molar-refractivity contribution in [2.75, 3.05) is 0 Å². The fourth-order valence-corrected chi connectivity index (χ4v) is 1.26. The van der Waals surface area contributed by atoms with Gasteiger partial charge in [-0.25, -0.2) is 0 Å². The lowest BCUT2D eigenvalue weighted by Crippen LogP contribution is -2.26. The van der Waals surface area contributed by atoms with E-state index < -0.39 is 29.8 Å². The molecule has 1 aromatic carbocycles. The minimum Gasteiger partial charge on any atom is -0.290 e. The Morgan fingerprint density at radius 2 is 1.40 bits per heavy atom. The molecule has 0 spiro atoms. The van der Waals surface area contributed by atoms with Crippen molar-refractivity contribution >= 4 is 11.9 Å². The molecule has 1 aromatic rings. The summed E-state index contributed by atoms with van der Waals surface area (Å²) < 4.78 is 73.0. The van der Waals surface area contributed by atoms with Gasteiger partial charge in [-0.05, 0) is 11.6 Å². The van der Waals surface area contributed by atoms with Crippen LogP contribution in [0.5, 0.6) is 0 Å². The van der Waals surface area contributed by atoms with E-state index in [0.717, 1.165) is 6.08 Å². The zero-order valence-electron chi connectivity index (χ0n) is 9.79. The Bertz CT molecular complexity index is 506. The SMILES string of the molecule is O=C(C=C(C(F)(F)F)C(F)(F)F)/C=C\c1ccccc1. The summed E-state index contributed by atoms with van der Waals surface area (Å²) in [5.41, 5.74) is -2.34. The van der Waals surface area contributed by atoms with Gasteiger partial charge in [0.1, 0.15) is 5.57 Å². The summed E-state index contributed by atoms with van der Waals surface area (Å²) in [5.74, 6) is -1.39. The number of hydrogen-bond acceptors (Lipinski definition) is 1. The van der Waals surface area contributed by atoms with Crippen LogP contribution in [-0.4, -0.2) is 18.1 Å². The van der Waals surface area contributed by atoms with Gasteiger partial charge in [0.2, 0.25) is 0 Å². The van der Waals surface area contributed by atoms with Gasteiger partial charge in [-0.1, -0.05) is 36.4 Å². The van der Waals surface area contributed by atoms with E-state index in [1.165, 1.54) is 0 Å². The third-order valence-electron chi connectivity index (χ3n) is 2.14. The summed E-state index contributed by atoms with van der Waals surface area (Å²) in [6.45, 7) is 0. The summed E-state index contributed by atoms with van der Waals surface area (Å²) >= 11 is 0. The molecule has 0 saturated carbocycles. The van der Waals surface area contributed by atoms with Crippen molar-refractivity contribution in [3.8, 4) is 0 Å². The molecule has 7 heteroatoms. The van der Waals surface area contributed by atoms with E-state index in [9.17, 15) is 31.1 Å². The number of ketones is 1. The second-order valence-electron chi connectivity index (χ2n) is 3.70. The molecule has 0 N–H and O–H groups in total. The van der Waals surface area contributed by atoms with E-state index in [-0.39, 0.29) is 0 Å². The van der Waals surface area contributed by atoms with Crippen LogP contribution < -0.4 is 0 Å². The smallest absolute Gasteiger partial charge is 0.290 e. The van der Waals surface area contributed by atoms with Gasteiger partial charge in [0, 0.05) is 6.08 Å². The van der Waals surface area contributed by atoms with Crippen LogP contribution in [0.15, 0.2) is 48.1 Å². The van der Waals surface area contributed by atoms with Crippen LogP contribution in [0.3, 0.4) is 0 Å². The van der Waals surface area contributed by atoms with E-state index in [0.29, 0.717) is 11.6 Å². The molecular formula is C13H8F6O. The lowest BCUT2D eigenvalue weighted by molar-refractivity contribution is -0.172. The first kappa shape index (κ1) is 16.0. The molecule has 0 aliphatic heterocycles. The Labute approximate surface area is 110 Å². The van der Waals surface area contributed by atoms with Gasteiger partial charge in [0.15, 0.2) is 5.78 Å². The van der Waals surface area contributed by atoms with Crippen LogP contribution >= 0.6 is 0 Å². The van der Waals surface area contributed by atoms with E-state index in [1.54, 1.807) is 30.3 Å². The van der Waals surface area contributed by atoms with Crippen LogP contribution in [0.4, 0.5) is 26.3 Å². The van der Waals surface area contributed by atoms with Gasteiger partial charge in [0.05, 0.1) is 0 Å². The Hall–Kier alpha value is -2.05. The second-order valence-corrected chi connectivity index (χ2v) is 3.70. The highest BCUT2D eigenvalue weighted by Crippen LogP contribution is 2.38. The Morgan fingerprint density at radius 1 is 0.900 bits per heavy atom. The fourth-order valence-electron chi connectivity index (χ4n) is 1.26. The molecule has 0 unspecified atom stereocenters. The number of allylic oxidation sites excluding steroid dienone is 3. The topological polar surface area (TPSA) is 17.1 Å². The van der Waals surface area contributed by atoms with Crippen molar-refractivity contribution in [1.82, 2.24) is 0 Å². The molecule has 1 nitrogen and oxygen atoms in total. The van der Waals surface area contributed by atoms with Crippen molar-refractivity contribution < 1.29 is 31.1 Å². The molecule has 1 rings (SSSR count). The number of benzene rings is 1. The van der Waals surface area contributed by atoms with Gasteiger partial charge >= 0.3 is 12.4 Å². The Morgan fingerprint density at radius 3 is 1.85 bits per heavy atom. The third-order valence-corrected chi connectivity index (χ3v) is 2.14. The monoisotopic (exact) mass is 294 g/mol. The van der Waals surface area contributed by atoms with Gasteiger partial charge in [-0.15, -0.1) is 0 Å². The minimum atomic E-state index is -5.63. The van der Waals surface area contributed by atoms with Crippen LogP contribution in [0.25, 0.3) is 6.08 Å². The van der Waals surface area contributed by atoms with Crippen LogP contribution in [0, 0.1) is 0 Å². The molecule has 0 aliphatic carbocycles. The molecule has 108 valence electrons. The highest BCUT2D eigenvalue weighted by molar-refractivity contribution is 6.02. The Kier molecular flexibility index (Phi) is 4.75. The van der Waals surface area contributed by atoms with E-state index >= 15 is 0 Å². The van der Waals surface area contributed by atoms with E-state index in [2.05, 4.69) is 0 Å². The summed E-state index contributed by atoms with van der Waals surface area (Å²) in [4.78, 5) is 11.2. The Balaban J connectivity index is 2.96. The largest absolute Gasteiger partial charge is 0.421 e. The zero-order chi connectivity index (χ0) is 15.4. The first-order valence-corrected chi connectivity index (χ1v) is 5.24. The average molecular weight is 294 g/mol. The van der Waals surface area contributed by atoms with Crippen molar-refractivity contribution in [3.63, 3.8) is 0 Å². The number of alkyl halides is 6. The first-order chi connectivity index (χ1) is 9.10. The molecule has 20 heavy (non-hydrogen) atoms. The molecule has 0 bridgehead atoms. The van der Waals surface area contributed by atoms with Gasteiger partial charge in [-0.2, -0.15) is 26.3 Å². The summed E-state index contributed by atoms with van der Waals surface area (Å²) in [7, 11) is 0. The normalized spacial score (nSPS) is 12.5. The van der Waals surface area contributed by atoms with Crippen molar-refractivity contribution in [2.24, 2.45) is 0 Å². The third kappa shape index (κ3) is 4.91. The quantitative estimate of drug-likeness (QED) is 0.599. The van der Waals surface area contributed by atoms with Crippen molar-refractivity contribution in [1.29, 1.82) is 0 Å². The average Bonchev–Trinajstić information content (AvgIpc) is 2.32. The molecule has 0 aliphatic rings. The molecule has 0 heterocycles. The molecule has 0 radical (unpaired) electrons. The van der Waals surface area contributed by atoms with E-state index in [1.807, 2.05) is 0 Å². The molecule has 0 aromatic heterocycles. The fraction of sp³-hybridized carbons (Fsp3) is 0.154. The van der Waals surface area contributed by atoms with Crippen LogP contribution in [0.2, 0.25) is 0 Å². The van der Waals surface area contributed by atoms with E-state index in [4.69, 9.17) is 0 Å². The van der Waals surface area contributed by atoms with Crippen molar-refractivity contribution in [2.45, 2.75) is 12.4 Å². The summed E-state index contributed by atoms with van der Waals surface area (Å²) in [6.07, 6.45) is -9.95. The number of carbonyl (C=O) groups excluding carboxylic acids is 1. The predicted molar refractivity (Wildman–Crippen MR) is 60.7 cm³/mol.